The third-order valence-corrected chi connectivity index (χ3v) is 8.50. The number of carbonyl (C=O) groups is 6. The minimum Gasteiger partial charge on any atom is -0.351 e. The van der Waals surface area contributed by atoms with Gasteiger partial charge in [0.25, 0.3) is 0 Å². The van der Waals surface area contributed by atoms with Crippen molar-refractivity contribution in [3.05, 3.63) is 0 Å². The molecule has 0 aromatic rings. The summed E-state index contributed by atoms with van der Waals surface area (Å²) in [5.74, 6) is -2.10. The Hall–Kier alpha value is -2.98. The first-order chi connectivity index (χ1) is 23.9. The molecule has 0 spiro atoms. The number of unbranched alkanes of at least 4 members (excludes halogenated alkanes) is 3. The van der Waals surface area contributed by atoms with Crippen LogP contribution in [0, 0.1) is 0 Å². The molecule has 0 bridgehead atoms. The molecule has 50 heavy (non-hydrogen) atoms. The van der Waals surface area contributed by atoms with Crippen LogP contribution in [-0.2, 0) is 28.8 Å². The first-order valence-corrected chi connectivity index (χ1v) is 18.4. The fraction of sp³-hybridized carbons (Fsp3) is 0.829. The molecule has 0 saturated carbocycles. The molecular weight excluding hydrogens is 642 g/mol. The van der Waals surface area contributed by atoms with Gasteiger partial charge >= 0.3 is 0 Å². The van der Waals surface area contributed by atoms with Crippen molar-refractivity contribution in [3.63, 3.8) is 0 Å². The van der Waals surface area contributed by atoms with Crippen molar-refractivity contribution in [1.82, 2.24) is 47.9 Å². The molecule has 0 aromatic carbocycles. The first kappa shape index (κ1) is 47.0. The summed E-state index contributed by atoms with van der Waals surface area (Å²) in [5.41, 5.74) is 0. The molecule has 0 aliphatic carbocycles. The van der Waals surface area contributed by atoms with E-state index in [1.54, 1.807) is 7.05 Å². The van der Waals surface area contributed by atoms with E-state index in [9.17, 15) is 28.8 Å². The van der Waals surface area contributed by atoms with Gasteiger partial charge in [-0.2, -0.15) is 0 Å². The number of nitrogens with one attached hydrogen (secondary N) is 9. The highest BCUT2D eigenvalue weighted by molar-refractivity contribution is 5.93. The maximum Gasteiger partial charge on any atom is 0.243 e. The van der Waals surface area contributed by atoms with Crippen LogP contribution in [0.1, 0.15) is 97.3 Å². The predicted octanol–water partition coefficient (Wildman–Crippen LogP) is -0.359. The zero-order valence-corrected chi connectivity index (χ0v) is 31.9. The van der Waals surface area contributed by atoms with Crippen LogP contribution in [0.5, 0.6) is 0 Å². The molecule has 290 valence electrons. The van der Waals surface area contributed by atoms with Crippen molar-refractivity contribution < 1.29 is 28.8 Å². The highest BCUT2D eigenvalue weighted by atomic mass is 16.2. The average molecular weight is 712 g/mol. The van der Waals surface area contributed by atoms with Gasteiger partial charge in [0.1, 0.15) is 17.9 Å². The monoisotopic (exact) mass is 712 g/mol. The van der Waals surface area contributed by atoms with Gasteiger partial charge in [0.2, 0.25) is 23.6 Å². The van der Waals surface area contributed by atoms with Gasteiger partial charge in [-0.05, 0) is 139 Å². The molecular formula is C35H69N9O6. The molecule has 0 radical (unpaired) electrons. The van der Waals surface area contributed by atoms with Crippen molar-refractivity contribution in [3.8, 4) is 0 Å². The highest BCUT2D eigenvalue weighted by Crippen LogP contribution is 2.10. The Labute approximate surface area is 300 Å². The van der Waals surface area contributed by atoms with Crippen molar-refractivity contribution in [2.75, 3.05) is 61.4 Å². The van der Waals surface area contributed by atoms with Gasteiger partial charge < -0.3 is 47.9 Å². The van der Waals surface area contributed by atoms with Crippen molar-refractivity contribution in [2.24, 2.45) is 0 Å². The number of amides is 4. The standard InChI is InChI=1S/C35H69N9O6/c1-25(45)23-27(41-34(49)31(17-10-13-21-38-5)44-33(48)29(40-7)15-8-11-19-36-3)24-32(47)42-30(16-9-12-20-37-4)35(50)43-28(26(2)46)18-14-22-39-6/h27-31,36-40H,8-24H2,1-7H3,(H,41,49)(H,42,47)(H,43,50)(H,44,48). The Balaban J connectivity index is 5.81. The minimum atomic E-state index is -0.898. The summed E-state index contributed by atoms with van der Waals surface area (Å²) in [7, 11) is 9.09. The van der Waals surface area contributed by atoms with Crippen LogP contribution in [0.3, 0.4) is 0 Å². The topological polar surface area (TPSA) is 211 Å². The van der Waals surface area contributed by atoms with Crippen molar-refractivity contribution in [2.45, 2.75) is 128 Å². The molecule has 5 atom stereocenters. The molecule has 15 nitrogen and oxygen atoms in total. The number of carbonyl (C=O) groups excluding carboxylic acids is 6. The first-order valence-electron chi connectivity index (χ1n) is 18.4. The van der Waals surface area contributed by atoms with Crippen LogP contribution in [0.15, 0.2) is 0 Å². The van der Waals surface area contributed by atoms with Gasteiger partial charge in [0, 0.05) is 18.9 Å². The van der Waals surface area contributed by atoms with Gasteiger partial charge in [-0.3, -0.25) is 28.8 Å². The van der Waals surface area contributed by atoms with E-state index >= 15 is 0 Å². The number of hydrogen-bond acceptors (Lipinski definition) is 11. The number of hydrogen-bond donors (Lipinski definition) is 9. The quantitative estimate of drug-likeness (QED) is 0.0412. The predicted molar refractivity (Wildman–Crippen MR) is 198 cm³/mol. The maximum atomic E-state index is 13.6. The molecule has 9 N–H and O–H groups in total. The Morgan fingerprint density at radius 1 is 0.440 bits per heavy atom. The SMILES string of the molecule is CNCCCCC(NC)C(=O)NC(CCCCNC)C(=O)NC(CC(C)=O)CC(=O)NC(CCCCNC)C(=O)NC(CCCNC)C(C)=O. The molecule has 0 aliphatic heterocycles. The second-order valence-electron chi connectivity index (χ2n) is 13.1. The molecule has 0 rings (SSSR count). The Morgan fingerprint density at radius 2 is 0.840 bits per heavy atom. The summed E-state index contributed by atoms with van der Waals surface area (Å²) in [6.45, 7) is 5.85. The van der Waals surface area contributed by atoms with Crippen molar-refractivity contribution in [1.29, 1.82) is 0 Å². The van der Waals surface area contributed by atoms with Crippen molar-refractivity contribution >= 4 is 35.2 Å². The Kier molecular flexibility index (Phi) is 28.0. The summed E-state index contributed by atoms with van der Waals surface area (Å²) >= 11 is 0. The Morgan fingerprint density at radius 3 is 1.30 bits per heavy atom. The fourth-order valence-corrected chi connectivity index (χ4v) is 5.60. The van der Waals surface area contributed by atoms with E-state index in [1.807, 2.05) is 28.2 Å². The molecule has 0 fully saturated rings. The smallest absolute Gasteiger partial charge is 0.243 e. The zero-order valence-electron chi connectivity index (χ0n) is 31.9. The summed E-state index contributed by atoms with van der Waals surface area (Å²) < 4.78 is 0. The second kappa shape index (κ2) is 29.7. The minimum absolute atomic E-state index is 0.0961. The van der Waals surface area contributed by atoms with E-state index in [1.165, 1.54) is 13.8 Å². The summed E-state index contributed by atoms with van der Waals surface area (Å²) in [6.07, 6.45) is 6.81. The summed E-state index contributed by atoms with van der Waals surface area (Å²) in [6, 6.07) is -3.75. The third-order valence-electron chi connectivity index (χ3n) is 8.50. The van der Waals surface area contributed by atoms with E-state index in [-0.39, 0.29) is 30.3 Å². The van der Waals surface area contributed by atoms with Crippen LogP contribution in [-0.4, -0.2) is 127 Å². The lowest BCUT2D eigenvalue weighted by Gasteiger charge is -2.26. The largest absolute Gasteiger partial charge is 0.351 e. The number of Topliss-reactive ketones (excluding diaryl/α,β-unsaturated/α-hetero) is 2. The van der Waals surface area contributed by atoms with Gasteiger partial charge in [0.15, 0.2) is 5.78 Å². The molecule has 0 aromatic heterocycles. The van der Waals surface area contributed by atoms with E-state index in [2.05, 4.69) is 47.9 Å². The maximum absolute atomic E-state index is 13.6. The normalized spacial score (nSPS) is 14.1. The fourth-order valence-electron chi connectivity index (χ4n) is 5.60. The lowest BCUT2D eigenvalue weighted by atomic mass is 10.0. The molecule has 0 aliphatic rings. The van der Waals surface area contributed by atoms with Crippen LogP contribution in [0.2, 0.25) is 0 Å². The number of ketones is 2. The van der Waals surface area contributed by atoms with Crippen LogP contribution in [0.25, 0.3) is 0 Å². The van der Waals surface area contributed by atoms with E-state index in [0.717, 1.165) is 45.3 Å². The lowest BCUT2D eigenvalue weighted by Crippen LogP contribution is -2.55. The van der Waals surface area contributed by atoms with Crippen LogP contribution >= 0.6 is 0 Å². The van der Waals surface area contributed by atoms with E-state index in [4.69, 9.17) is 0 Å². The van der Waals surface area contributed by atoms with Gasteiger partial charge in [-0.25, -0.2) is 0 Å². The second-order valence-corrected chi connectivity index (χ2v) is 13.1. The average Bonchev–Trinajstić information content (AvgIpc) is 3.06. The number of rotatable bonds is 32. The molecule has 15 heteroatoms. The van der Waals surface area contributed by atoms with E-state index < -0.39 is 47.9 Å². The number of likely N-dealkylation sites (N-methyl/N-ethyl adjacent to an activating group) is 1. The summed E-state index contributed by atoms with van der Waals surface area (Å²) in [4.78, 5) is 78.1. The third kappa shape index (κ3) is 22.7. The Bertz CT molecular complexity index is 1000. The van der Waals surface area contributed by atoms with Gasteiger partial charge in [-0.15, -0.1) is 0 Å². The van der Waals surface area contributed by atoms with E-state index in [0.29, 0.717) is 51.5 Å². The van der Waals surface area contributed by atoms with Crippen LogP contribution < -0.4 is 47.9 Å². The van der Waals surface area contributed by atoms with Gasteiger partial charge in [-0.1, -0.05) is 6.42 Å². The molecule has 4 amide bonds. The van der Waals surface area contributed by atoms with Crippen LogP contribution in [0.4, 0.5) is 0 Å². The molecule has 5 unspecified atom stereocenters. The highest BCUT2D eigenvalue weighted by Gasteiger charge is 2.29. The molecule has 0 heterocycles. The zero-order chi connectivity index (χ0) is 37.7. The molecule has 0 saturated heterocycles. The lowest BCUT2D eigenvalue weighted by molar-refractivity contribution is -0.132. The summed E-state index contributed by atoms with van der Waals surface area (Å²) in [5, 5.41) is 26.7. The van der Waals surface area contributed by atoms with Gasteiger partial charge in [0.05, 0.1) is 12.1 Å².